The van der Waals surface area contributed by atoms with Crippen molar-refractivity contribution in [3.05, 3.63) is 78.9 Å². The summed E-state index contributed by atoms with van der Waals surface area (Å²) in [7, 11) is 0. The number of nitro groups is 2. The van der Waals surface area contributed by atoms with Gasteiger partial charge in [-0.3, -0.25) is 34.6 Å². The zero-order valence-electron chi connectivity index (χ0n) is 24.3. The first-order valence-electron chi connectivity index (χ1n) is 14.8. The number of benzene rings is 2. The third-order valence-electron chi connectivity index (χ3n) is 8.52. The fourth-order valence-corrected chi connectivity index (χ4v) is 6.00. The van der Waals surface area contributed by atoms with Gasteiger partial charge in [0.25, 0.3) is 23.2 Å². The van der Waals surface area contributed by atoms with E-state index in [1.165, 1.54) is 50.2 Å². The van der Waals surface area contributed by atoms with Crippen LogP contribution < -0.4 is 0 Å². The lowest BCUT2D eigenvalue weighted by molar-refractivity contribution is -0.385. The van der Waals surface area contributed by atoms with Crippen molar-refractivity contribution in [2.45, 2.75) is 77.0 Å². The molecule has 0 bridgehead atoms. The third kappa shape index (κ3) is 6.83. The molecule has 0 aromatic heterocycles. The molecule has 11 nitrogen and oxygen atoms in total. The van der Waals surface area contributed by atoms with E-state index in [0.717, 1.165) is 51.4 Å². The number of carbonyl (C=O) groups is 3. The SMILES string of the molecule is CC(C(=O)C(C)c1ccc(C(=O)N2CCCCCC2)cc1[N+](=O)[O-])c1ccc(C(=O)N2CCCCCC2)cc1[N+](=O)[O-]. The monoisotopic (exact) mass is 578 g/mol. The molecule has 2 aliphatic rings. The summed E-state index contributed by atoms with van der Waals surface area (Å²) in [5, 5.41) is 24.1. The average molecular weight is 579 g/mol. The number of rotatable bonds is 8. The van der Waals surface area contributed by atoms with E-state index in [1.54, 1.807) is 9.80 Å². The van der Waals surface area contributed by atoms with Crippen LogP contribution in [0.3, 0.4) is 0 Å². The van der Waals surface area contributed by atoms with Gasteiger partial charge in [0.05, 0.1) is 9.85 Å². The van der Waals surface area contributed by atoms with Crippen LogP contribution in [-0.4, -0.2) is 63.4 Å². The van der Waals surface area contributed by atoms with E-state index in [2.05, 4.69) is 0 Å². The number of hydrogen-bond acceptors (Lipinski definition) is 7. The van der Waals surface area contributed by atoms with Crippen LogP contribution in [0.25, 0.3) is 0 Å². The van der Waals surface area contributed by atoms with E-state index in [1.807, 2.05) is 0 Å². The molecule has 224 valence electrons. The second-order valence-corrected chi connectivity index (χ2v) is 11.3. The van der Waals surface area contributed by atoms with Gasteiger partial charge in [-0.2, -0.15) is 0 Å². The van der Waals surface area contributed by atoms with E-state index in [0.29, 0.717) is 26.2 Å². The molecule has 0 radical (unpaired) electrons. The van der Waals surface area contributed by atoms with Crippen LogP contribution in [0.15, 0.2) is 36.4 Å². The maximum Gasteiger partial charge on any atom is 0.274 e. The largest absolute Gasteiger partial charge is 0.339 e. The van der Waals surface area contributed by atoms with Crippen molar-refractivity contribution in [1.82, 2.24) is 9.80 Å². The molecule has 2 heterocycles. The Bertz CT molecular complexity index is 1260. The van der Waals surface area contributed by atoms with E-state index in [4.69, 9.17) is 0 Å². The van der Waals surface area contributed by atoms with Crippen LogP contribution in [0.5, 0.6) is 0 Å². The van der Waals surface area contributed by atoms with Gasteiger partial charge in [0.2, 0.25) is 0 Å². The summed E-state index contributed by atoms with van der Waals surface area (Å²) in [6, 6.07) is 8.35. The van der Waals surface area contributed by atoms with Crippen LogP contribution in [0.2, 0.25) is 0 Å². The Kier molecular flexibility index (Phi) is 10.0. The zero-order chi connectivity index (χ0) is 30.4. The van der Waals surface area contributed by atoms with Crippen LogP contribution in [0, 0.1) is 20.2 Å². The maximum absolute atomic E-state index is 13.6. The fraction of sp³-hybridized carbons (Fsp3) is 0.516. The summed E-state index contributed by atoms with van der Waals surface area (Å²) in [5.74, 6) is -2.94. The van der Waals surface area contributed by atoms with Gasteiger partial charge in [-0.25, -0.2) is 0 Å². The lowest BCUT2D eigenvalue weighted by atomic mass is 9.84. The molecule has 2 aromatic rings. The molecular weight excluding hydrogens is 540 g/mol. The molecule has 0 aliphatic carbocycles. The number of hydrogen-bond donors (Lipinski definition) is 0. The van der Waals surface area contributed by atoms with Crippen molar-refractivity contribution in [3.8, 4) is 0 Å². The molecule has 4 rings (SSSR count). The minimum absolute atomic E-state index is 0.139. The van der Waals surface area contributed by atoms with Crippen molar-refractivity contribution in [2.24, 2.45) is 0 Å². The normalized spacial score (nSPS) is 17.5. The van der Waals surface area contributed by atoms with Gasteiger partial charge in [-0.1, -0.05) is 51.7 Å². The summed E-state index contributed by atoms with van der Waals surface area (Å²) in [4.78, 5) is 66.0. The molecular formula is C31H38N4O7. The second-order valence-electron chi connectivity index (χ2n) is 11.3. The Balaban J connectivity index is 1.58. The molecule has 2 atom stereocenters. The van der Waals surface area contributed by atoms with Crippen molar-refractivity contribution in [2.75, 3.05) is 26.2 Å². The molecule has 0 N–H and O–H groups in total. The minimum Gasteiger partial charge on any atom is -0.339 e. The lowest BCUT2D eigenvalue weighted by Gasteiger charge is -2.22. The quantitative estimate of drug-likeness (QED) is 0.275. The highest BCUT2D eigenvalue weighted by atomic mass is 16.6. The van der Waals surface area contributed by atoms with Crippen molar-refractivity contribution in [1.29, 1.82) is 0 Å². The van der Waals surface area contributed by atoms with Gasteiger partial charge in [0.1, 0.15) is 5.78 Å². The smallest absolute Gasteiger partial charge is 0.274 e. The van der Waals surface area contributed by atoms with Crippen LogP contribution in [0.1, 0.15) is 109 Å². The van der Waals surface area contributed by atoms with Crippen molar-refractivity contribution >= 4 is 29.0 Å². The highest BCUT2D eigenvalue weighted by Gasteiger charge is 2.33. The van der Waals surface area contributed by atoms with E-state index < -0.39 is 27.5 Å². The van der Waals surface area contributed by atoms with Gasteiger partial charge in [-0.15, -0.1) is 0 Å². The van der Waals surface area contributed by atoms with Crippen LogP contribution in [0.4, 0.5) is 11.4 Å². The molecule has 2 aromatic carbocycles. The number of nitrogens with zero attached hydrogens (tertiary/aromatic N) is 4. The number of likely N-dealkylation sites (tertiary alicyclic amines) is 2. The molecule has 0 spiro atoms. The van der Waals surface area contributed by atoms with Gasteiger partial charge < -0.3 is 9.80 Å². The summed E-state index contributed by atoms with van der Waals surface area (Å²) >= 11 is 0. The highest BCUT2D eigenvalue weighted by Crippen LogP contribution is 2.36. The molecule has 2 fully saturated rings. The third-order valence-corrected chi connectivity index (χ3v) is 8.52. The maximum atomic E-state index is 13.6. The van der Waals surface area contributed by atoms with E-state index >= 15 is 0 Å². The summed E-state index contributed by atoms with van der Waals surface area (Å²) < 4.78 is 0. The molecule has 0 saturated carbocycles. The number of carbonyl (C=O) groups excluding carboxylic acids is 3. The number of nitro benzene ring substituents is 2. The molecule has 2 saturated heterocycles. The zero-order valence-corrected chi connectivity index (χ0v) is 24.3. The first kappa shape index (κ1) is 30.8. The number of Topliss-reactive ketones (excluding diaryl/α,β-unsaturated/α-hetero) is 1. The Morgan fingerprint density at radius 2 is 0.952 bits per heavy atom. The Labute approximate surface area is 245 Å². The van der Waals surface area contributed by atoms with Crippen molar-refractivity contribution < 1.29 is 24.2 Å². The predicted molar refractivity (Wildman–Crippen MR) is 157 cm³/mol. The average Bonchev–Trinajstić information content (AvgIpc) is 3.44. The summed E-state index contributed by atoms with van der Waals surface area (Å²) in [6.45, 7) is 5.45. The Morgan fingerprint density at radius 3 is 1.26 bits per heavy atom. The standard InChI is InChI=1S/C31H38N4O7/c1-21(25-13-11-23(19-27(25)34(39)40)30(37)32-15-7-3-4-8-16-32)29(36)22(2)26-14-12-24(20-28(26)35(41)42)31(38)33-17-9-5-6-10-18-33/h11-14,19-22H,3-10,15-18H2,1-2H3. The molecule has 2 unspecified atom stereocenters. The predicted octanol–water partition coefficient (Wildman–Crippen LogP) is 6.01. The number of amides is 2. The molecule has 2 aliphatic heterocycles. The first-order chi connectivity index (χ1) is 20.1. The van der Waals surface area contributed by atoms with Crippen LogP contribution >= 0.6 is 0 Å². The van der Waals surface area contributed by atoms with Gasteiger partial charge >= 0.3 is 0 Å². The first-order valence-corrected chi connectivity index (χ1v) is 14.8. The minimum atomic E-state index is -0.972. The van der Waals surface area contributed by atoms with Crippen molar-refractivity contribution in [3.63, 3.8) is 0 Å². The Hall–Kier alpha value is -4.15. The van der Waals surface area contributed by atoms with Gasteiger partial charge in [0, 0.05) is 72.4 Å². The summed E-state index contributed by atoms with van der Waals surface area (Å²) in [6.07, 6.45) is 7.69. The van der Waals surface area contributed by atoms with Gasteiger partial charge in [-0.05, 0) is 37.8 Å². The molecule has 11 heteroatoms. The van der Waals surface area contributed by atoms with Gasteiger partial charge in [0.15, 0.2) is 0 Å². The second kappa shape index (κ2) is 13.7. The highest BCUT2D eigenvalue weighted by molar-refractivity contribution is 5.98. The fourth-order valence-electron chi connectivity index (χ4n) is 6.00. The van der Waals surface area contributed by atoms with Crippen LogP contribution in [-0.2, 0) is 4.79 Å². The number of ketones is 1. The van der Waals surface area contributed by atoms with E-state index in [-0.39, 0.29) is 45.4 Å². The van der Waals surface area contributed by atoms with E-state index in [9.17, 15) is 34.6 Å². The molecule has 2 amide bonds. The topological polar surface area (TPSA) is 144 Å². The molecule has 42 heavy (non-hydrogen) atoms. The lowest BCUT2D eigenvalue weighted by Crippen LogP contribution is -2.32. The Morgan fingerprint density at radius 1 is 0.619 bits per heavy atom. The summed E-state index contributed by atoms with van der Waals surface area (Å²) in [5.41, 5.74) is -0.00584.